The van der Waals surface area contributed by atoms with Gasteiger partial charge in [-0.3, -0.25) is 14.9 Å². The molecule has 0 saturated carbocycles. The molecule has 5 rings (SSSR count). The number of rotatable bonds is 4. The van der Waals surface area contributed by atoms with Gasteiger partial charge in [0.15, 0.2) is 11.6 Å². The number of nitrogens with one attached hydrogen (secondary N) is 2. The highest BCUT2D eigenvalue weighted by atomic mass is 19.1. The van der Waals surface area contributed by atoms with Gasteiger partial charge in [0, 0.05) is 42.9 Å². The Hall–Kier alpha value is -5.37. The van der Waals surface area contributed by atoms with Crippen LogP contribution in [0.25, 0.3) is 10.8 Å². The van der Waals surface area contributed by atoms with Gasteiger partial charge in [0.1, 0.15) is 30.4 Å². The quantitative estimate of drug-likeness (QED) is 0.309. The van der Waals surface area contributed by atoms with Crippen molar-refractivity contribution in [3.05, 3.63) is 90.3 Å². The van der Waals surface area contributed by atoms with Crippen molar-refractivity contribution in [3.8, 4) is 0 Å². The van der Waals surface area contributed by atoms with Gasteiger partial charge in [-0.25, -0.2) is 23.9 Å². The van der Waals surface area contributed by atoms with Crippen LogP contribution in [0, 0.1) is 11.8 Å². The Morgan fingerprint density at radius 1 is 1.21 bits per heavy atom. The normalized spacial score (nSPS) is 25.0. The molecule has 3 aromatic rings. The van der Waals surface area contributed by atoms with Crippen LogP contribution in [0.2, 0.25) is 0 Å². The van der Waals surface area contributed by atoms with Crippen molar-refractivity contribution in [1.82, 2.24) is 20.2 Å². The molecule has 14 heteroatoms. The number of oxazole rings is 1. The molecule has 2 aromatic heterocycles. The molecule has 1 fully saturated rings. The topological polar surface area (TPSA) is 173 Å². The molecule has 2 aliphatic rings. The SMILES string of the molecule is CC1=CC(O)CC(F)Cc2nc(co2)C(=O)N2CCCC2C(=O)OC(C(C)COC(=O)Nc2cc3ccccc3cn2)C(C)/C=C/C(=O)NCC=C1. The second-order valence-corrected chi connectivity index (χ2v) is 13.2. The number of carbonyl (C=O) groups is 4. The van der Waals surface area contributed by atoms with E-state index in [1.165, 1.54) is 17.1 Å². The zero-order valence-electron chi connectivity index (χ0n) is 29.4. The number of cyclic esters (lactones) is 1. The van der Waals surface area contributed by atoms with Gasteiger partial charge in [-0.05, 0) is 37.3 Å². The zero-order valence-corrected chi connectivity index (χ0v) is 29.4. The fourth-order valence-electron chi connectivity index (χ4n) is 6.23. The third-order valence-electron chi connectivity index (χ3n) is 8.90. The monoisotopic (exact) mass is 717 g/mol. The third kappa shape index (κ3) is 10.3. The Morgan fingerprint density at radius 3 is 2.81 bits per heavy atom. The van der Waals surface area contributed by atoms with E-state index in [1.54, 1.807) is 51.3 Å². The molecule has 13 nitrogen and oxygen atoms in total. The molecule has 6 unspecified atom stereocenters. The van der Waals surface area contributed by atoms with Gasteiger partial charge in [-0.1, -0.05) is 68.0 Å². The fourth-order valence-corrected chi connectivity index (χ4v) is 6.23. The number of aliphatic hydroxyl groups excluding tert-OH is 1. The predicted molar refractivity (Wildman–Crippen MR) is 190 cm³/mol. The molecule has 6 atom stereocenters. The number of ether oxygens (including phenoxy) is 2. The first-order valence-electron chi connectivity index (χ1n) is 17.3. The number of aliphatic hydroxyl groups is 1. The summed E-state index contributed by atoms with van der Waals surface area (Å²) in [6.07, 6.45) is 6.82. The van der Waals surface area contributed by atoms with E-state index in [4.69, 9.17) is 13.9 Å². The minimum Gasteiger partial charge on any atom is -0.460 e. The minimum atomic E-state index is -1.50. The molecule has 2 bridgehead atoms. The molecular weight excluding hydrogens is 673 g/mol. The van der Waals surface area contributed by atoms with Crippen LogP contribution in [-0.2, 0) is 25.5 Å². The molecule has 1 saturated heterocycles. The van der Waals surface area contributed by atoms with E-state index in [1.807, 2.05) is 24.3 Å². The fraction of sp³-hybridized carbons (Fsp3) is 0.421. The molecule has 3 N–H and O–H groups in total. The summed E-state index contributed by atoms with van der Waals surface area (Å²) >= 11 is 0. The number of pyridine rings is 1. The van der Waals surface area contributed by atoms with Gasteiger partial charge in [0.05, 0.1) is 19.1 Å². The van der Waals surface area contributed by atoms with Gasteiger partial charge in [-0.2, -0.15) is 0 Å². The summed E-state index contributed by atoms with van der Waals surface area (Å²) < 4.78 is 31.8. The molecular formula is C38H44FN5O8. The minimum absolute atomic E-state index is 0.00830. The van der Waals surface area contributed by atoms with E-state index in [-0.39, 0.29) is 44.1 Å². The van der Waals surface area contributed by atoms with Gasteiger partial charge < -0.3 is 29.2 Å². The lowest BCUT2D eigenvalue weighted by atomic mass is 9.93. The first kappa shape index (κ1) is 37.9. The van der Waals surface area contributed by atoms with Crippen LogP contribution in [0.3, 0.4) is 0 Å². The second-order valence-electron chi connectivity index (χ2n) is 13.2. The number of anilines is 1. The summed E-state index contributed by atoms with van der Waals surface area (Å²) in [6.45, 7) is 5.57. The number of carbonyl (C=O) groups excluding carboxylic acids is 4. The lowest BCUT2D eigenvalue weighted by Crippen LogP contribution is -2.44. The lowest BCUT2D eigenvalue weighted by Gasteiger charge is -2.30. The number of hydrogen-bond acceptors (Lipinski definition) is 10. The zero-order chi connectivity index (χ0) is 37.2. The van der Waals surface area contributed by atoms with Gasteiger partial charge in [0.25, 0.3) is 5.91 Å². The van der Waals surface area contributed by atoms with Crippen LogP contribution in [0.1, 0.15) is 56.4 Å². The Balaban J connectivity index is 1.32. The average Bonchev–Trinajstić information content (AvgIpc) is 3.80. The number of benzene rings is 1. The number of halogens is 1. The van der Waals surface area contributed by atoms with Crippen molar-refractivity contribution < 1.29 is 42.6 Å². The Kier molecular flexibility index (Phi) is 12.9. The van der Waals surface area contributed by atoms with Crippen LogP contribution in [0.4, 0.5) is 15.0 Å². The molecule has 276 valence electrons. The average molecular weight is 718 g/mol. The number of amides is 3. The Labute approximate surface area is 301 Å². The largest absolute Gasteiger partial charge is 0.460 e. The molecule has 0 spiro atoms. The number of allylic oxidation sites excluding steroid dienone is 2. The number of aromatic nitrogens is 2. The van der Waals surface area contributed by atoms with E-state index < -0.39 is 60.1 Å². The van der Waals surface area contributed by atoms with Crippen LogP contribution < -0.4 is 10.6 Å². The van der Waals surface area contributed by atoms with Gasteiger partial charge in [0.2, 0.25) is 5.91 Å². The smallest absolute Gasteiger partial charge is 0.412 e. The third-order valence-corrected chi connectivity index (χ3v) is 8.90. The molecule has 2 aliphatic heterocycles. The highest BCUT2D eigenvalue weighted by molar-refractivity contribution is 5.95. The summed E-state index contributed by atoms with van der Waals surface area (Å²) in [5, 5.41) is 17.5. The highest BCUT2D eigenvalue weighted by Crippen LogP contribution is 2.26. The van der Waals surface area contributed by atoms with E-state index in [9.17, 15) is 28.7 Å². The maximum atomic E-state index is 14.8. The van der Waals surface area contributed by atoms with Crippen LogP contribution >= 0.6 is 0 Å². The molecule has 0 radical (unpaired) electrons. The van der Waals surface area contributed by atoms with Crippen LogP contribution in [0.5, 0.6) is 0 Å². The number of alkyl halides is 1. The summed E-state index contributed by atoms with van der Waals surface area (Å²) in [7, 11) is 0. The number of nitrogens with zero attached hydrogens (tertiary/aromatic N) is 3. The second kappa shape index (κ2) is 17.7. The first-order chi connectivity index (χ1) is 25.0. The van der Waals surface area contributed by atoms with E-state index in [0.29, 0.717) is 24.2 Å². The van der Waals surface area contributed by atoms with Crippen LogP contribution in [-0.4, -0.2) is 88.0 Å². The van der Waals surface area contributed by atoms with Crippen molar-refractivity contribution in [2.45, 2.75) is 70.9 Å². The maximum absolute atomic E-state index is 14.8. The van der Waals surface area contributed by atoms with E-state index >= 15 is 0 Å². The molecule has 52 heavy (non-hydrogen) atoms. The summed E-state index contributed by atoms with van der Waals surface area (Å²) in [5.41, 5.74) is 0.595. The summed E-state index contributed by atoms with van der Waals surface area (Å²) in [6, 6.07) is 8.37. The summed E-state index contributed by atoms with van der Waals surface area (Å²) in [4.78, 5) is 62.4. The molecule has 4 heterocycles. The van der Waals surface area contributed by atoms with E-state index in [2.05, 4.69) is 20.6 Å². The first-order valence-corrected chi connectivity index (χ1v) is 17.3. The van der Waals surface area contributed by atoms with Crippen molar-refractivity contribution in [2.75, 3.05) is 25.0 Å². The number of hydrogen-bond donors (Lipinski definition) is 3. The molecule has 1 aromatic carbocycles. The van der Waals surface area contributed by atoms with E-state index in [0.717, 1.165) is 17.0 Å². The number of fused-ring (bicyclic) bond motifs is 4. The van der Waals surface area contributed by atoms with Crippen molar-refractivity contribution in [2.24, 2.45) is 11.8 Å². The van der Waals surface area contributed by atoms with Crippen LogP contribution in [0.15, 0.2) is 83.2 Å². The standard InChI is InChI=1S/C38H44FN5O8/c1-23-8-6-14-40-33(46)13-12-24(2)35(25(3)21-51-38(49)43-32-17-26-9-4-5-10-27(26)20-41-32)52-37(48)31-11-7-15-44(31)36(47)30-22-50-34(42-30)19-28(39)18-29(45)16-23/h4-6,8-10,12-13,16-17,20,22,24-25,28-29,31,35,45H,7,11,14-15,18-19,21H2,1-3H3,(H,40,46)(H,41,43,49)/b8-6?,13-12+,23-16?. The molecule has 3 amide bonds. The van der Waals surface area contributed by atoms with Crippen molar-refractivity contribution in [1.29, 1.82) is 0 Å². The Morgan fingerprint density at radius 2 is 2.00 bits per heavy atom. The van der Waals surface area contributed by atoms with Crippen molar-refractivity contribution in [3.63, 3.8) is 0 Å². The number of esters is 1. The highest BCUT2D eigenvalue weighted by Gasteiger charge is 2.39. The van der Waals surface area contributed by atoms with Gasteiger partial charge >= 0.3 is 12.1 Å². The van der Waals surface area contributed by atoms with Crippen molar-refractivity contribution >= 4 is 40.5 Å². The molecule has 0 aliphatic carbocycles. The predicted octanol–water partition coefficient (Wildman–Crippen LogP) is 5.08. The Bertz CT molecular complexity index is 1840. The maximum Gasteiger partial charge on any atom is 0.412 e. The van der Waals surface area contributed by atoms with Gasteiger partial charge in [-0.15, -0.1) is 0 Å². The summed E-state index contributed by atoms with van der Waals surface area (Å²) in [5.74, 6) is -2.38. The lowest BCUT2D eigenvalue weighted by molar-refractivity contribution is -0.159.